The molecule has 4 nitrogen and oxygen atoms in total. The second-order valence-electron chi connectivity index (χ2n) is 1.82. The molecule has 0 fully saturated rings. The van der Waals surface area contributed by atoms with Crippen molar-refractivity contribution in [1.29, 1.82) is 0 Å². The minimum atomic E-state index is -1.11. The summed E-state index contributed by atoms with van der Waals surface area (Å²) >= 11 is 0. The van der Waals surface area contributed by atoms with Crippen LogP contribution >= 0.6 is 0 Å². The Bertz CT molecular complexity index is 265. The smallest absolute Gasteiger partial charge is 0.693 e. The van der Waals surface area contributed by atoms with E-state index in [2.05, 4.69) is 0 Å². The number of rotatable bonds is 1. The average Bonchev–Trinajstić information content (AvgIpc) is 1.88. The maximum Gasteiger partial charge on any atom is 1.00 e. The van der Waals surface area contributed by atoms with E-state index in [1.165, 1.54) is 12.1 Å². The quantitative estimate of drug-likeness (QED) is 0.528. The van der Waals surface area contributed by atoms with Crippen LogP contribution in [-0.2, 0) is 0 Å². The summed E-state index contributed by atoms with van der Waals surface area (Å²) in [5.74, 6) is -1.31. The summed E-state index contributed by atoms with van der Waals surface area (Å²) in [5.41, 5.74) is -0.0671. The Morgan fingerprint density at radius 3 is 2.08 bits per heavy atom. The molecule has 0 heterocycles. The molecule has 0 radical (unpaired) electrons. The van der Waals surface area contributed by atoms with Crippen LogP contribution in [0.15, 0.2) is 24.3 Å². The van der Waals surface area contributed by atoms with Gasteiger partial charge in [-0.25, -0.2) is 4.79 Å². The number of aromatic carboxylic acids is 1. The monoisotopic (exact) mass is 177 g/mol. The van der Waals surface area contributed by atoms with Crippen LogP contribution in [0.5, 0.6) is 5.75 Å². The van der Waals surface area contributed by atoms with Gasteiger partial charge in [-0.05, 0) is 12.1 Å². The topological polar surface area (TPSA) is 91.0 Å². The molecule has 0 bridgehead atoms. The molecule has 0 aliphatic carbocycles. The molecule has 0 saturated heterocycles. The molecule has 0 aromatic heterocycles. The van der Waals surface area contributed by atoms with Gasteiger partial charge in [0.15, 0.2) is 0 Å². The summed E-state index contributed by atoms with van der Waals surface area (Å²) in [4.78, 5) is 10.3. The molecule has 0 aliphatic rings. The van der Waals surface area contributed by atoms with E-state index >= 15 is 0 Å². The second-order valence-corrected chi connectivity index (χ2v) is 1.82. The predicted molar refractivity (Wildman–Crippen MR) is 40.4 cm³/mol. The van der Waals surface area contributed by atoms with E-state index in [1.807, 2.05) is 0 Å². The third-order valence-corrected chi connectivity index (χ3v) is 1.13. The molecule has 0 unspecified atom stereocenters. The molecular formula is C7H8NNaO3. The number of hydrogen-bond acceptors (Lipinski definition) is 2. The first-order chi connectivity index (χ1) is 4.72. The van der Waals surface area contributed by atoms with Gasteiger partial charge in [0.1, 0.15) is 11.3 Å². The number of carbonyl (C=O) groups is 1. The summed E-state index contributed by atoms with van der Waals surface area (Å²) in [6.45, 7) is 0. The molecule has 0 spiro atoms. The summed E-state index contributed by atoms with van der Waals surface area (Å²) in [6.07, 6.45) is 0. The molecule has 1 aromatic carbocycles. The Morgan fingerprint density at radius 2 is 1.75 bits per heavy atom. The fourth-order valence-corrected chi connectivity index (χ4v) is 0.654. The molecule has 0 atom stereocenters. The zero-order valence-corrected chi connectivity index (χ0v) is 8.69. The largest absolute Gasteiger partial charge is 1.00 e. The molecule has 0 aliphatic heterocycles. The predicted octanol–water partition coefficient (Wildman–Crippen LogP) is -1.19. The second kappa shape index (κ2) is 6.02. The summed E-state index contributed by atoms with van der Waals surface area (Å²) in [5, 5.41) is 17.3. The van der Waals surface area contributed by atoms with Crippen molar-refractivity contribution in [1.82, 2.24) is 0 Å². The van der Waals surface area contributed by atoms with Gasteiger partial charge in [0, 0.05) is 0 Å². The number of para-hydroxylation sites is 1. The number of benzene rings is 1. The molecule has 12 heavy (non-hydrogen) atoms. The van der Waals surface area contributed by atoms with Crippen LogP contribution in [0.25, 0.3) is 6.15 Å². The Hall–Kier alpha value is -0.550. The van der Waals surface area contributed by atoms with Crippen molar-refractivity contribution in [2.45, 2.75) is 0 Å². The molecule has 0 saturated carbocycles. The maximum absolute atomic E-state index is 10.3. The van der Waals surface area contributed by atoms with Gasteiger partial charge in [-0.1, -0.05) is 12.1 Å². The van der Waals surface area contributed by atoms with Crippen LogP contribution in [0.2, 0.25) is 0 Å². The molecule has 1 aromatic rings. The molecule has 1 rings (SSSR count). The van der Waals surface area contributed by atoms with E-state index < -0.39 is 5.97 Å². The van der Waals surface area contributed by atoms with Gasteiger partial charge in [-0.2, -0.15) is 0 Å². The van der Waals surface area contributed by atoms with Crippen molar-refractivity contribution in [3.63, 3.8) is 0 Å². The van der Waals surface area contributed by atoms with E-state index in [4.69, 9.17) is 10.2 Å². The number of nitrogens with two attached hydrogens (primary N) is 1. The third-order valence-electron chi connectivity index (χ3n) is 1.13. The van der Waals surface area contributed by atoms with Crippen molar-refractivity contribution >= 4 is 5.97 Å². The number of aromatic hydroxyl groups is 1. The first kappa shape index (κ1) is 14.0. The van der Waals surface area contributed by atoms with Crippen LogP contribution in [-0.4, -0.2) is 16.2 Å². The van der Waals surface area contributed by atoms with Gasteiger partial charge in [0.05, 0.1) is 0 Å². The number of carboxylic acid groups (broad SMARTS) is 1. The minimum absolute atomic E-state index is 0. The summed E-state index contributed by atoms with van der Waals surface area (Å²) < 4.78 is 0. The Balaban J connectivity index is 0. The standard InChI is InChI=1S/C7H6O3.H2N.Na/c8-6-4-2-1-3-5(6)7(9)10;;/h1-4,8H,(H,9,10);1H2;/q;-1;+1. The van der Waals surface area contributed by atoms with Crippen LogP contribution in [0.3, 0.4) is 0 Å². The van der Waals surface area contributed by atoms with Gasteiger partial charge in [-0.15, -0.1) is 0 Å². The van der Waals surface area contributed by atoms with Crippen molar-refractivity contribution < 1.29 is 44.6 Å². The van der Waals surface area contributed by atoms with Gasteiger partial charge < -0.3 is 16.4 Å². The maximum atomic E-state index is 10.3. The molecule has 4 N–H and O–H groups in total. The number of carboxylic acids is 1. The van der Waals surface area contributed by atoms with E-state index in [9.17, 15) is 4.79 Å². The fraction of sp³-hybridized carbons (Fsp3) is 0. The van der Waals surface area contributed by atoms with Crippen LogP contribution in [0.4, 0.5) is 0 Å². The summed E-state index contributed by atoms with van der Waals surface area (Å²) in [6, 6.07) is 5.81. The Morgan fingerprint density at radius 1 is 1.25 bits per heavy atom. The van der Waals surface area contributed by atoms with Crippen molar-refractivity contribution in [3.8, 4) is 5.75 Å². The zero-order valence-electron chi connectivity index (χ0n) is 6.69. The van der Waals surface area contributed by atoms with Crippen LogP contribution in [0, 0.1) is 0 Å². The fourth-order valence-electron chi connectivity index (χ4n) is 0.654. The molecular weight excluding hydrogens is 169 g/mol. The van der Waals surface area contributed by atoms with Gasteiger partial charge >= 0.3 is 35.5 Å². The van der Waals surface area contributed by atoms with Crippen molar-refractivity contribution in [2.24, 2.45) is 0 Å². The average molecular weight is 177 g/mol. The molecule has 60 valence electrons. The third kappa shape index (κ3) is 3.23. The van der Waals surface area contributed by atoms with E-state index in [0.29, 0.717) is 0 Å². The van der Waals surface area contributed by atoms with Crippen molar-refractivity contribution in [3.05, 3.63) is 36.0 Å². The number of phenols is 1. The van der Waals surface area contributed by atoms with Crippen molar-refractivity contribution in [2.75, 3.05) is 0 Å². The number of hydrogen-bond donors (Lipinski definition) is 2. The molecule has 5 heteroatoms. The zero-order chi connectivity index (χ0) is 7.56. The van der Waals surface area contributed by atoms with E-state index in [0.717, 1.165) is 0 Å². The van der Waals surface area contributed by atoms with Crippen LogP contribution in [0.1, 0.15) is 10.4 Å². The molecule has 0 amide bonds. The first-order valence-electron chi connectivity index (χ1n) is 2.73. The Kier molecular flexibility index (Phi) is 7.02. The van der Waals surface area contributed by atoms with Gasteiger partial charge in [-0.3, -0.25) is 0 Å². The SMILES string of the molecule is O=C(O)c1ccccc1O.[NH2-].[Na+]. The van der Waals surface area contributed by atoms with E-state index in [1.54, 1.807) is 12.1 Å². The summed E-state index contributed by atoms with van der Waals surface area (Å²) in [7, 11) is 0. The van der Waals surface area contributed by atoms with Gasteiger partial charge in [0.25, 0.3) is 0 Å². The van der Waals surface area contributed by atoms with E-state index in [-0.39, 0.29) is 47.0 Å². The first-order valence-corrected chi connectivity index (χ1v) is 2.73. The van der Waals surface area contributed by atoms with Crippen LogP contribution < -0.4 is 29.6 Å². The minimum Gasteiger partial charge on any atom is -0.693 e. The normalized spacial score (nSPS) is 7.67. The Labute approximate surface area is 92.1 Å². The van der Waals surface area contributed by atoms with Gasteiger partial charge in [0.2, 0.25) is 0 Å².